The molecule has 3 rings (SSSR count). The number of hydrogen-bond acceptors (Lipinski definition) is 7. The molecule has 0 spiro atoms. The zero-order valence-corrected chi connectivity index (χ0v) is 19.2. The van der Waals surface area contributed by atoms with Crippen LogP contribution in [0.15, 0.2) is 47.4 Å². The lowest BCUT2D eigenvalue weighted by molar-refractivity contribution is 0.0474. The van der Waals surface area contributed by atoms with Crippen LogP contribution in [0.1, 0.15) is 40.5 Å². The lowest BCUT2D eigenvalue weighted by atomic mass is 10.0. The Hall–Kier alpha value is -2.91. The zero-order chi connectivity index (χ0) is 23.3. The van der Waals surface area contributed by atoms with Gasteiger partial charge in [0.05, 0.1) is 24.7 Å². The lowest BCUT2D eigenvalue weighted by Crippen LogP contribution is -2.37. The van der Waals surface area contributed by atoms with Crippen LogP contribution in [0.25, 0.3) is 0 Å². The van der Waals surface area contributed by atoms with Crippen LogP contribution in [0.5, 0.6) is 11.5 Å². The molecule has 1 heterocycles. The molecule has 1 saturated heterocycles. The molecule has 0 aliphatic carbocycles. The maximum absolute atomic E-state index is 12.9. The number of rotatable bonds is 8. The highest BCUT2D eigenvalue weighted by atomic mass is 32.2. The van der Waals surface area contributed by atoms with Crippen molar-refractivity contribution < 1.29 is 32.2 Å². The zero-order valence-electron chi connectivity index (χ0n) is 18.4. The Balaban J connectivity index is 1.68. The number of sulfonamides is 1. The molecule has 0 unspecified atom stereocenters. The Morgan fingerprint density at radius 3 is 2.31 bits per heavy atom. The Labute approximate surface area is 188 Å². The van der Waals surface area contributed by atoms with Gasteiger partial charge in [-0.25, -0.2) is 13.2 Å². The molecule has 0 radical (unpaired) electrons. The molecular weight excluding hydrogens is 434 g/mol. The van der Waals surface area contributed by atoms with Gasteiger partial charge in [-0.05, 0) is 55.2 Å². The molecule has 8 nitrogen and oxygen atoms in total. The maximum Gasteiger partial charge on any atom is 0.338 e. The first-order valence-corrected chi connectivity index (χ1v) is 11.7. The summed E-state index contributed by atoms with van der Waals surface area (Å²) < 4.78 is 42.8. The number of piperidine rings is 1. The fourth-order valence-electron chi connectivity index (χ4n) is 3.47. The third-order valence-corrected chi connectivity index (χ3v) is 7.38. The van der Waals surface area contributed by atoms with E-state index >= 15 is 0 Å². The predicted molar refractivity (Wildman–Crippen MR) is 118 cm³/mol. The summed E-state index contributed by atoms with van der Waals surface area (Å²) in [6, 6.07) is 10.3. The molecule has 0 bridgehead atoms. The summed E-state index contributed by atoms with van der Waals surface area (Å²) in [4.78, 5) is 24.9. The fourth-order valence-corrected chi connectivity index (χ4v) is 4.98. The van der Waals surface area contributed by atoms with Crippen molar-refractivity contribution in [3.63, 3.8) is 0 Å². The van der Waals surface area contributed by atoms with Crippen LogP contribution in [0.3, 0.4) is 0 Å². The molecule has 32 heavy (non-hydrogen) atoms. The van der Waals surface area contributed by atoms with E-state index in [0.717, 1.165) is 12.8 Å². The second-order valence-electron chi connectivity index (χ2n) is 7.68. The molecular formula is C23H27NO7S. The summed E-state index contributed by atoms with van der Waals surface area (Å²) in [6.07, 6.45) is 1.61. The second kappa shape index (κ2) is 10.1. The molecule has 9 heteroatoms. The Morgan fingerprint density at radius 1 is 0.969 bits per heavy atom. The Kier molecular flexibility index (Phi) is 7.52. The number of hydrogen-bond donors (Lipinski definition) is 0. The van der Waals surface area contributed by atoms with Crippen LogP contribution in [0.4, 0.5) is 0 Å². The molecule has 0 aromatic heterocycles. The van der Waals surface area contributed by atoms with E-state index in [9.17, 15) is 18.0 Å². The quantitative estimate of drug-likeness (QED) is 0.440. The number of esters is 1. The number of nitrogens with zero attached hydrogens (tertiary/aromatic N) is 1. The highest BCUT2D eigenvalue weighted by molar-refractivity contribution is 7.89. The van der Waals surface area contributed by atoms with Crippen molar-refractivity contribution in [3.8, 4) is 11.5 Å². The average Bonchev–Trinajstić information content (AvgIpc) is 2.82. The normalized spacial score (nSPS) is 15.2. The van der Waals surface area contributed by atoms with E-state index in [1.807, 2.05) is 0 Å². The van der Waals surface area contributed by atoms with Crippen LogP contribution in [0.2, 0.25) is 0 Å². The highest BCUT2D eigenvalue weighted by Crippen LogP contribution is 2.28. The number of methoxy groups -OCH3 is 2. The van der Waals surface area contributed by atoms with Crippen molar-refractivity contribution in [1.29, 1.82) is 0 Å². The van der Waals surface area contributed by atoms with Crippen molar-refractivity contribution in [3.05, 3.63) is 53.6 Å². The maximum atomic E-state index is 12.9. The summed E-state index contributed by atoms with van der Waals surface area (Å²) in [6.45, 7) is 2.52. The Bertz CT molecular complexity index is 1090. The SMILES string of the molecule is COc1ccc(C(=O)COC(=O)c2cccc(S(=O)(=O)N3CCC(C)CC3)c2)cc1OC. The van der Waals surface area contributed by atoms with Gasteiger partial charge in [0.15, 0.2) is 23.9 Å². The first kappa shape index (κ1) is 23.7. The van der Waals surface area contributed by atoms with Crippen LogP contribution in [-0.4, -0.2) is 58.4 Å². The number of Topliss-reactive ketones (excluding diaryl/α,β-unsaturated/α-hetero) is 1. The van der Waals surface area contributed by atoms with Crippen LogP contribution >= 0.6 is 0 Å². The van der Waals surface area contributed by atoms with Gasteiger partial charge in [-0.3, -0.25) is 4.79 Å². The summed E-state index contributed by atoms with van der Waals surface area (Å²) in [7, 11) is -0.754. The molecule has 0 atom stereocenters. The van der Waals surface area contributed by atoms with Gasteiger partial charge in [0.25, 0.3) is 0 Å². The minimum Gasteiger partial charge on any atom is -0.493 e. The number of benzene rings is 2. The first-order chi connectivity index (χ1) is 15.3. The highest BCUT2D eigenvalue weighted by Gasteiger charge is 2.28. The van der Waals surface area contributed by atoms with Gasteiger partial charge in [-0.1, -0.05) is 13.0 Å². The molecule has 0 amide bonds. The van der Waals surface area contributed by atoms with E-state index in [1.165, 1.54) is 48.9 Å². The fraction of sp³-hybridized carbons (Fsp3) is 0.391. The summed E-state index contributed by atoms with van der Waals surface area (Å²) in [5, 5.41) is 0. The predicted octanol–water partition coefficient (Wildman–Crippen LogP) is 3.16. The largest absolute Gasteiger partial charge is 0.493 e. The van der Waals surface area contributed by atoms with Crippen LogP contribution in [-0.2, 0) is 14.8 Å². The van der Waals surface area contributed by atoms with Crippen molar-refractivity contribution in [1.82, 2.24) is 4.31 Å². The third-order valence-electron chi connectivity index (χ3n) is 5.49. The third kappa shape index (κ3) is 5.28. The minimum absolute atomic E-state index is 0.0349. The second-order valence-corrected chi connectivity index (χ2v) is 9.62. The molecule has 1 aliphatic rings. The van der Waals surface area contributed by atoms with E-state index in [4.69, 9.17) is 14.2 Å². The van der Waals surface area contributed by atoms with Gasteiger partial charge < -0.3 is 14.2 Å². The molecule has 2 aromatic carbocycles. The van der Waals surface area contributed by atoms with Crippen molar-refractivity contribution >= 4 is 21.8 Å². The molecule has 0 saturated carbocycles. The van der Waals surface area contributed by atoms with Gasteiger partial charge in [0, 0.05) is 18.7 Å². The van der Waals surface area contributed by atoms with E-state index < -0.39 is 28.4 Å². The number of carbonyl (C=O) groups is 2. The number of carbonyl (C=O) groups excluding carboxylic acids is 2. The summed E-state index contributed by atoms with van der Waals surface area (Å²) >= 11 is 0. The molecule has 2 aromatic rings. The topological polar surface area (TPSA) is 99.2 Å². The van der Waals surface area contributed by atoms with Gasteiger partial charge in [0.2, 0.25) is 10.0 Å². The van der Waals surface area contributed by atoms with Crippen molar-refractivity contribution in [2.24, 2.45) is 5.92 Å². The lowest BCUT2D eigenvalue weighted by Gasteiger charge is -2.29. The van der Waals surface area contributed by atoms with Crippen molar-refractivity contribution in [2.75, 3.05) is 33.9 Å². The Morgan fingerprint density at radius 2 is 1.66 bits per heavy atom. The van der Waals surface area contributed by atoms with Crippen molar-refractivity contribution in [2.45, 2.75) is 24.7 Å². The van der Waals surface area contributed by atoms with Gasteiger partial charge in [-0.15, -0.1) is 0 Å². The van der Waals surface area contributed by atoms with Gasteiger partial charge in [0.1, 0.15) is 0 Å². The molecule has 0 N–H and O–H groups in total. The van der Waals surface area contributed by atoms with E-state index in [-0.39, 0.29) is 10.5 Å². The average molecular weight is 462 g/mol. The molecule has 1 fully saturated rings. The molecule has 172 valence electrons. The monoisotopic (exact) mass is 461 g/mol. The smallest absolute Gasteiger partial charge is 0.338 e. The first-order valence-electron chi connectivity index (χ1n) is 10.3. The summed E-state index contributed by atoms with van der Waals surface area (Å²) in [5.41, 5.74) is 0.364. The van der Waals surface area contributed by atoms with E-state index in [1.54, 1.807) is 12.1 Å². The minimum atomic E-state index is -3.70. The number of ketones is 1. The standard InChI is InChI=1S/C23H27NO7S/c1-16-9-11-24(12-10-16)32(27,28)19-6-4-5-18(13-19)23(26)31-15-20(25)17-7-8-21(29-2)22(14-17)30-3/h4-8,13-14,16H,9-12,15H2,1-3H3. The summed E-state index contributed by atoms with van der Waals surface area (Å²) in [5.74, 6) is 0.150. The van der Waals surface area contributed by atoms with E-state index in [0.29, 0.717) is 36.1 Å². The van der Waals surface area contributed by atoms with Gasteiger partial charge >= 0.3 is 5.97 Å². The van der Waals surface area contributed by atoms with Crippen LogP contribution < -0.4 is 9.47 Å². The van der Waals surface area contributed by atoms with Gasteiger partial charge in [-0.2, -0.15) is 4.31 Å². The van der Waals surface area contributed by atoms with Crippen LogP contribution in [0, 0.1) is 5.92 Å². The number of ether oxygens (including phenoxy) is 3. The van der Waals surface area contributed by atoms with E-state index in [2.05, 4.69) is 6.92 Å². The molecule has 1 aliphatic heterocycles.